The molecule has 0 atom stereocenters. The second-order valence-corrected chi connectivity index (χ2v) is 6.42. The topological polar surface area (TPSA) is 71.0 Å². The number of imidazole rings is 2. The first-order valence-electron chi connectivity index (χ1n) is 9.03. The summed E-state index contributed by atoms with van der Waals surface area (Å²) in [6.45, 7) is 3.51. The van der Waals surface area contributed by atoms with Crippen LogP contribution in [0.2, 0.25) is 0 Å². The van der Waals surface area contributed by atoms with Gasteiger partial charge in [-0.1, -0.05) is 6.07 Å². The Morgan fingerprint density at radius 2 is 1.25 bits per heavy atom. The zero-order chi connectivity index (χ0) is 18.2. The van der Waals surface area contributed by atoms with Crippen molar-refractivity contribution in [1.82, 2.24) is 14.1 Å². The van der Waals surface area contributed by atoms with Gasteiger partial charge in [0.2, 0.25) is 12.7 Å². The molecule has 3 aromatic heterocycles. The summed E-state index contributed by atoms with van der Waals surface area (Å²) < 4.78 is 8.35. The van der Waals surface area contributed by atoms with Gasteiger partial charge in [-0.2, -0.15) is 0 Å². The quantitative estimate of drug-likeness (QED) is 0.264. The van der Waals surface area contributed by atoms with Gasteiger partial charge >= 0.3 is 0 Å². The van der Waals surface area contributed by atoms with Gasteiger partial charge in [0.1, 0.15) is 37.9 Å². The monoisotopic (exact) mass is 515 g/mol. The standard InChI is InChI=1S/C19H27N5O2.2BrH/c25-12-2-6-21-8-10-23(16-21)14-18-4-1-5-19(20-18)15-24-11-9-22(17-24)7-3-13-26;;/h1,4-5,8-11,16-17,25-26H,2-3,6-7,12-15H2;2*1H/q+2;;/p-2. The molecule has 0 bridgehead atoms. The van der Waals surface area contributed by atoms with E-state index in [2.05, 4.69) is 18.3 Å². The zero-order valence-corrected chi connectivity index (χ0v) is 18.9. The minimum Gasteiger partial charge on any atom is -1.00 e. The third-order valence-electron chi connectivity index (χ3n) is 4.19. The van der Waals surface area contributed by atoms with Crippen LogP contribution in [0, 0.1) is 0 Å². The fourth-order valence-corrected chi connectivity index (χ4v) is 2.92. The molecule has 9 heteroatoms. The van der Waals surface area contributed by atoms with Crippen molar-refractivity contribution in [3.63, 3.8) is 0 Å². The lowest BCUT2D eigenvalue weighted by Crippen LogP contribution is -3.00. The summed E-state index contributed by atoms with van der Waals surface area (Å²) in [5.41, 5.74) is 2.04. The summed E-state index contributed by atoms with van der Waals surface area (Å²) in [5, 5.41) is 17.8. The fourth-order valence-electron chi connectivity index (χ4n) is 2.92. The number of nitrogens with zero attached hydrogens (tertiary/aromatic N) is 5. The number of rotatable bonds is 10. The molecule has 0 saturated heterocycles. The van der Waals surface area contributed by atoms with Crippen molar-refractivity contribution in [2.24, 2.45) is 0 Å². The molecule has 0 aliphatic heterocycles. The third-order valence-corrected chi connectivity index (χ3v) is 4.19. The van der Waals surface area contributed by atoms with Crippen LogP contribution in [0.1, 0.15) is 24.2 Å². The normalized spacial score (nSPS) is 10.4. The first kappa shape index (κ1) is 24.5. The zero-order valence-electron chi connectivity index (χ0n) is 15.7. The summed E-state index contributed by atoms with van der Waals surface area (Å²) in [7, 11) is 0. The Bertz CT molecular complexity index is 759. The number of hydrogen-bond acceptors (Lipinski definition) is 3. The second-order valence-electron chi connectivity index (χ2n) is 6.42. The van der Waals surface area contributed by atoms with Gasteiger partial charge in [-0.15, -0.1) is 0 Å². The molecule has 0 aliphatic carbocycles. The SMILES string of the molecule is OCCCn1cc[n+](Cc2cccc(C[n+]3ccn(CCCO)c3)n2)c1.[Br-].[Br-]. The molecule has 0 amide bonds. The second kappa shape index (κ2) is 12.8. The van der Waals surface area contributed by atoms with Gasteiger partial charge < -0.3 is 44.2 Å². The van der Waals surface area contributed by atoms with E-state index >= 15 is 0 Å². The Balaban J connectivity index is 0.00000196. The van der Waals surface area contributed by atoms with E-state index in [0.29, 0.717) is 0 Å². The highest BCUT2D eigenvalue weighted by Crippen LogP contribution is 2.00. The smallest absolute Gasteiger partial charge is 0.244 e. The maximum Gasteiger partial charge on any atom is 0.244 e. The van der Waals surface area contributed by atoms with Crippen molar-refractivity contribution >= 4 is 0 Å². The Labute approximate surface area is 186 Å². The van der Waals surface area contributed by atoms with Crippen LogP contribution in [0.3, 0.4) is 0 Å². The molecule has 3 heterocycles. The molecule has 0 saturated carbocycles. The average molecular weight is 517 g/mol. The number of aliphatic hydroxyl groups is 2. The molecular formula is C19H27Br2N5O2. The van der Waals surface area contributed by atoms with Crippen molar-refractivity contribution in [3.8, 4) is 0 Å². The number of aromatic nitrogens is 5. The van der Waals surface area contributed by atoms with E-state index in [0.717, 1.165) is 50.4 Å². The highest BCUT2D eigenvalue weighted by Gasteiger charge is 2.09. The Morgan fingerprint density at radius 1 is 0.786 bits per heavy atom. The van der Waals surface area contributed by atoms with Crippen LogP contribution in [-0.2, 0) is 26.2 Å². The van der Waals surface area contributed by atoms with Crippen molar-refractivity contribution in [3.05, 3.63) is 67.0 Å². The Hall–Kier alpha value is -1.55. The Kier molecular flexibility index (Phi) is 11.2. The molecule has 28 heavy (non-hydrogen) atoms. The fraction of sp³-hybridized carbons (Fsp3) is 0.421. The molecule has 3 aromatic rings. The number of aliphatic hydroxyl groups excluding tert-OH is 2. The van der Waals surface area contributed by atoms with Gasteiger partial charge in [0.15, 0.2) is 0 Å². The van der Waals surface area contributed by atoms with Crippen LogP contribution in [0.25, 0.3) is 0 Å². The molecule has 0 fully saturated rings. The molecule has 7 nitrogen and oxygen atoms in total. The highest BCUT2D eigenvalue weighted by molar-refractivity contribution is 5.09. The molecule has 0 unspecified atom stereocenters. The molecule has 0 aliphatic rings. The predicted octanol–water partition coefficient (Wildman–Crippen LogP) is -5.87. The van der Waals surface area contributed by atoms with E-state index in [9.17, 15) is 0 Å². The number of aryl methyl sites for hydroxylation is 2. The van der Waals surface area contributed by atoms with E-state index in [4.69, 9.17) is 15.2 Å². The average Bonchev–Trinajstić information content (AvgIpc) is 3.28. The van der Waals surface area contributed by atoms with Crippen LogP contribution in [-0.4, -0.2) is 37.5 Å². The number of halogens is 2. The van der Waals surface area contributed by atoms with Crippen molar-refractivity contribution in [1.29, 1.82) is 0 Å². The van der Waals surface area contributed by atoms with Crippen molar-refractivity contribution in [2.45, 2.75) is 39.0 Å². The predicted molar refractivity (Wildman–Crippen MR) is 95.1 cm³/mol. The molecular weight excluding hydrogens is 490 g/mol. The van der Waals surface area contributed by atoms with Gasteiger partial charge in [0.05, 0.1) is 24.5 Å². The minimum atomic E-state index is 0. The summed E-state index contributed by atoms with van der Waals surface area (Å²) in [4.78, 5) is 4.77. The van der Waals surface area contributed by atoms with Crippen LogP contribution < -0.4 is 43.1 Å². The first-order chi connectivity index (χ1) is 12.8. The van der Waals surface area contributed by atoms with Crippen LogP contribution >= 0.6 is 0 Å². The lowest BCUT2D eigenvalue weighted by atomic mass is 10.3. The van der Waals surface area contributed by atoms with E-state index in [1.54, 1.807) is 0 Å². The summed E-state index contributed by atoms with van der Waals surface area (Å²) in [5.74, 6) is 0. The van der Waals surface area contributed by atoms with Gasteiger partial charge in [-0.3, -0.25) is 0 Å². The first-order valence-corrected chi connectivity index (χ1v) is 9.03. The van der Waals surface area contributed by atoms with Gasteiger partial charge in [0, 0.05) is 26.1 Å². The molecule has 0 radical (unpaired) electrons. The molecule has 3 rings (SSSR count). The van der Waals surface area contributed by atoms with Crippen molar-refractivity contribution in [2.75, 3.05) is 13.2 Å². The maximum atomic E-state index is 8.92. The molecule has 2 N–H and O–H groups in total. The summed E-state index contributed by atoms with van der Waals surface area (Å²) in [6, 6.07) is 6.13. The summed E-state index contributed by atoms with van der Waals surface area (Å²) >= 11 is 0. The third kappa shape index (κ3) is 7.46. The van der Waals surface area contributed by atoms with Gasteiger partial charge in [0.25, 0.3) is 0 Å². The highest BCUT2D eigenvalue weighted by atomic mass is 79.9. The van der Waals surface area contributed by atoms with E-state index < -0.39 is 0 Å². The van der Waals surface area contributed by atoms with Crippen molar-refractivity contribution < 1.29 is 53.3 Å². The van der Waals surface area contributed by atoms with E-state index in [-0.39, 0.29) is 47.2 Å². The lowest BCUT2D eigenvalue weighted by Gasteiger charge is -2.01. The van der Waals surface area contributed by atoms with E-state index in [1.807, 2.05) is 55.6 Å². The number of pyridine rings is 1. The van der Waals surface area contributed by atoms with E-state index in [1.165, 1.54) is 0 Å². The Morgan fingerprint density at radius 3 is 1.68 bits per heavy atom. The molecule has 0 spiro atoms. The van der Waals surface area contributed by atoms with Crippen LogP contribution in [0.5, 0.6) is 0 Å². The minimum absolute atomic E-state index is 0. The van der Waals surface area contributed by atoms with Gasteiger partial charge in [-0.05, 0) is 12.1 Å². The van der Waals surface area contributed by atoms with Gasteiger partial charge in [-0.25, -0.2) is 23.3 Å². The molecule has 154 valence electrons. The largest absolute Gasteiger partial charge is 1.00 e. The molecule has 0 aromatic carbocycles. The summed E-state index contributed by atoms with van der Waals surface area (Å²) in [6.07, 6.45) is 13.7. The lowest BCUT2D eigenvalue weighted by molar-refractivity contribution is -0.689. The van der Waals surface area contributed by atoms with Crippen LogP contribution in [0.4, 0.5) is 0 Å². The van der Waals surface area contributed by atoms with Crippen LogP contribution in [0.15, 0.2) is 55.6 Å². The number of hydrogen-bond donors (Lipinski definition) is 2. The maximum absolute atomic E-state index is 8.92.